The molecule has 2 aromatic rings. The predicted molar refractivity (Wildman–Crippen MR) is 144 cm³/mol. The van der Waals surface area contributed by atoms with Crippen LogP contribution in [0.5, 0.6) is 11.5 Å². The summed E-state index contributed by atoms with van der Waals surface area (Å²) in [6, 6.07) is 14.8. The van der Waals surface area contributed by atoms with E-state index < -0.39 is 0 Å². The van der Waals surface area contributed by atoms with E-state index in [1.165, 1.54) is 56.9 Å². The quantitative estimate of drug-likeness (QED) is 0.123. The molecule has 0 aliphatic rings. The molecule has 0 aliphatic carbocycles. The first-order valence-electron chi connectivity index (χ1n) is 12.1. The third-order valence-corrected chi connectivity index (χ3v) is 7.62. The van der Waals surface area contributed by atoms with Crippen molar-refractivity contribution >= 4 is 27.7 Å². The van der Waals surface area contributed by atoms with Crippen LogP contribution in [0.15, 0.2) is 41.3 Å². The van der Waals surface area contributed by atoms with E-state index in [0.717, 1.165) is 45.7 Å². The standard InChI is InChI=1S/C28H38BrNO2S/c1-22-14-16-23(17-15-22)33-27(21-30)24-18-19-26(31-2)28(32-3)25(24)13-11-9-7-5-4-6-8-10-12-20-29/h14-19,27H,4-13,20H2,1-3H3. The van der Waals surface area contributed by atoms with Crippen LogP contribution < -0.4 is 9.47 Å². The van der Waals surface area contributed by atoms with Crippen molar-refractivity contribution in [2.45, 2.75) is 81.3 Å². The summed E-state index contributed by atoms with van der Waals surface area (Å²) in [6.45, 7) is 2.08. The van der Waals surface area contributed by atoms with Crippen molar-refractivity contribution in [3.8, 4) is 17.6 Å². The average Bonchev–Trinajstić information content (AvgIpc) is 2.84. The van der Waals surface area contributed by atoms with Gasteiger partial charge in [0.15, 0.2) is 11.5 Å². The molecule has 2 rings (SSSR count). The maximum atomic E-state index is 10.0. The Kier molecular flexibility index (Phi) is 13.4. The van der Waals surface area contributed by atoms with Crippen molar-refractivity contribution in [1.82, 2.24) is 0 Å². The summed E-state index contributed by atoms with van der Waals surface area (Å²) in [5, 5.41) is 10.8. The zero-order valence-electron chi connectivity index (χ0n) is 20.4. The summed E-state index contributed by atoms with van der Waals surface area (Å²) >= 11 is 5.10. The van der Waals surface area contributed by atoms with Gasteiger partial charge in [-0.1, -0.05) is 84.6 Å². The van der Waals surface area contributed by atoms with Gasteiger partial charge in [-0.05, 0) is 49.9 Å². The third kappa shape index (κ3) is 9.26. The van der Waals surface area contributed by atoms with Gasteiger partial charge in [0.05, 0.1) is 20.3 Å². The molecule has 0 fully saturated rings. The van der Waals surface area contributed by atoms with Crippen LogP contribution in [0.25, 0.3) is 0 Å². The van der Waals surface area contributed by atoms with E-state index in [2.05, 4.69) is 53.2 Å². The molecule has 0 saturated carbocycles. The molecule has 0 aliphatic heterocycles. The molecule has 0 saturated heterocycles. The van der Waals surface area contributed by atoms with Crippen LogP contribution in [0.1, 0.15) is 79.7 Å². The first-order chi connectivity index (χ1) is 16.1. The number of benzene rings is 2. The highest BCUT2D eigenvalue weighted by atomic mass is 79.9. The molecule has 5 heteroatoms. The van der Waals surface area contributed by atoms with E-state index in [-0.39, 0.29) is 5.25 Å². The molecule has 1 unspecified atom stereocenters. The Morgan fingerprint density at radius 1 is 0.848 bits per heavy atom. The highest BCUT2D eigenvalue weighted by Gasteiger charge is 2.22. The Morgan fingerprint density at radius 3 is 2.00 bits per heavy atom. The number of nitriles is 1. The van der Waals surface area contributed by atoms with Crippen molar-refractivity contribution in [3.63, 3.8) is 0 Å². The van der Waals surface area contributed by atoms with E-state index >= 15 is 0 Å². The molecule has 1 atom stereocenters. The summed E-state index contributed by atoms with van der Waals surface area (Å²) < 4.78 is 11.3. The highest BCUT2D eigenvalue weighted by Crippen LogP contribution is 2.43. The second kappa shape index (κ2) is 16.1. The van der Waals surface area contributed by atoms with Gasteiger partial charge >= 0.3 is 0 Å². The van der Waals surface area contributed by atoms with E-state index in [4.69, 9.17) is 9.47 Å². The second-order valence-corrected chi connectivity index (χ2v) is 10.4. The average molecular weight is 533 g/mol. The van der Waals surface area contributed by atoms with E-state index in [1.807, 2.05) is 12.1 Å². The zero-order chi connectivity index (χ0) is 23.9. The first-order valence-corrected chi connectivity index (χ1v) is 14.1. The fraction of sp³-hybridized carbons (Fsp3) is 0.536. The Labute approximate surface area is 213 Å². The lowest BCUT2D eigenvalue weighted by Gasteiger charge is -2.20. The van der Waals surface area contributed by atoms with Gasteiger partial charge in [-0.3, -0.25) is 0 Å². The minimum atomic E-state index is -0.290. The number of methoxy groups -OCH3 is 2. The summed E-state index contributed by atoms with van der Waals surface area (Å²) in [4.78, 5) is 1.10. The van der Waals surface area contributed by atoms with Crippen molar-refractivity contribution < 1.29 is 9.47 Å². The van der Waals surface area contributed by atoms with E-state index in [0.29, 0.717) is 0 Å². The van der Waals surface area contributed by atoms with Gasteiger partial charge in [0, 0.05) is 15.8 Å². The summed E-state index contributed by atoms with van der Waals surface area (Å²) in [7, 11) is 3.36. The maximum absolute atomic E-state index is 10.0. The lowest BCUT2D eigenvalue weighted by Crippen LogP contribution is -2.04. The SMILES string of the molecule is COc1ccc(C(C#N)Sc2ccc(C)cc2)c(CCCCCCCCCCCBr)c1OC. The number of rotatable bonds is 16. The second-order valence-electron chi connectivity index (χ2n) is 8.43. The molecule has 180 valence electrons. The van der Waals surface area contributed by atoms with Gasteiger partial charge in [0.2, 0.25) is 0 Å². The highest BCUT2D eigenvalue weighted by molar-refractivity contribution is 9.09. The van der Waals surface area contributed by atoms with Gasteiger partial charge in [-0.15, -0.1) is 11.8 Å². The monoisotopic (exact) mass is 531 g/mol. The van der Waals surface area contributed by atoms with Crippen LogP contribution in [0.4, 0.5) is 0 Å². The Hall–Kier alpha value is -1.64. The Balaban J connectivity index is 2.02. The molecule has 0 N–H and O–H groups in total. The smallest absolute Gasteiger partial charge is 0.164 e. The predicted octanol–water partition coefficient (Wildman–Crippen LogP) is 8.82. The minimum Gasteiger partial charge on any atom is -0.493 e. The fourth-order valence-corrected chi connectivity index (χ4v) is 5.42. The molecular formula is C28H38BrNO2S. The Bertz CT molecular complexity index is 863. The van der Waals surface area contributed by atoms with E-state index in [1.54, 1.807) is 26.0 Å². The normalized spacial score (nSPS) is 11.7. The lowest BCUT2D eigenvalue weighted by molar-refractivity contribution is 0.350. The largest absolute Gasteiger partial charge is 0.493 e. The zero-order valence-corrected chi connectivity index (χ0v) is 22.8. The molecule has 0 heterocycles. The topological polar surface area (TPSA) is 42.2 Å². The van der Waals surface area contributed by atoms with Crippen molar-refractivity contribution in [2.75, 3.05) is 19.5 Å². The molecule has 0 spiro atoms. The lowest BCUT2D eigenvalue weighted by atomic mass is 9.97. The van der Waals surface area contributed by atoms with Crippen molar-refractivity contribution in [1.29, 1.82) is 5.26 Å². The number of nitrogens with zero attached hydrogens (tertiary/aromatic N) is 1. The van der Waals surface area contributed by atoms with Crippen LogP contribution in [0.3, 0.4) is 0 Å². The van der Waals surface area contributed by atoms with Crippen LogP contribution in [-0.4, -0.2) is 19.5 Å². The van der Waals surface area contributed by atoms with Gasteiger partial charge in [-0.2, -0.15) is 5.26 Å². The maximum Gasteiger partial charge on any atom is 0.164 e. The number of aryl methyl sites for hydroxylation is 1. The molecule has 0 bridgehead atoms. The first kappa shape index (κ1) is 27.6. The number of ether oxygens (including phenoxy) is 2. The minimum absolute atomic E-state index is 0.290. The van der Waals surface area contributed by atoms with Crippen molar-refractivity contribution in [3.05, 3.63) is 53.1 Å². The van der Waals surface area contributed by atoms with Gasteiger partial charge in [-0.25, -0.2) is 0 Å². The van der Waals surface area contributed by atoms with Crippen LogP contribution in [0, 0.1) is 18.3 Å². The molecule has 0 radical (unpaired) electrons. The van der Waals surface area contributed by atoms with Crippen molar-refractivity contribution in [2.24, 2.45) is 0 Å². The molecular weight excluding hydrogens is 494 g/mol. The molecule has 2 aromatic carbocycles. The van der Waals surface area contributed by atoms with Gasteiger partial charge < -0.3 is 9.47 Å². The van der Waals surface area contributed by atoms with Gasteiger partial charge in [0.25, 0.3) is 0 Å². The van der Waals surface area contributed by atoms with Crippen LogP contribution in [0.2, 0.25) is 0 Å². The fourth-order valence-electron chi connectivity index (χ4n) is 4.06. The summed E-state index contributed by atoms with van der Waals surface area (Å²) in [6.07, 6.45) is 12.4. The van der Waals surface area contributed by atoms with Gasteiger partial charge in [0.1, 0.15) is 5.25 Å². The molecule has 33 heavy (non-hydrogen) atoms. The van der Waals surface area contributed by atoms with E-state index in [9.17, 15) is 5.26 Å². The number of hydrogen-bond acceptors (Lipinski definition) is 4. The molecule has 0 aromatic heterocycles. The molecule has 0 amide bonds. The van der Waals surface area contributed by atoms with Crippen LogP contribution >= 0.6 is 27.7 Å². The summed E-state index contributed by atoms with van der Waals surface area (Å²) in [5.41, 5.74) is 3.36. The number of thioether (sulfide) groups is 1. The van der Waals surface area contributed by atoms with Crippen LogP contribution in [-0.2, 0) is 6.42 Å². The number of halogens is 1. The number of hydrogen-bond donors (Lipinski definition) is 0. The Morgan fingerprint density at radius 2 is 1.45 bits per heavy atom. The summed E-state index contributed by atoms with van der Waals surface area (Å²) in [5.74, 6) is 1.50. The number of unbranched alkanes of at least 4 members (excludes halogenated alkanes) is 8. The third-order valence-electron chi connectivity index (χ3n) is 5.92. The molecule has 3 nitrogen and oxygen atoms in total. The number of alkyl halides is 1.